The molecule has 3 rings (SSSR count). The van der Waals surface area contributed by atoms with Crippen molar-refractivity contribution in [3.05, 3.63) is 60.3 Å². The van der Waals surface area contributed by atoms with Crippen LogP contribution in [0.25, 0.3) is 10.8 Å². The summed E-state index contributed by atoms with van der Waals surface area (Å²) in [5, 5.41) is 9.25. The minimum Gasteiger partial charge on any atom is -0.309 e. The second-order valence-corrected chi connectivity index (χ2v) is 4.78. The highest BCUT2D eigenvalue weighted by Crippen LogP contribution is 2.16. The van der Waals surface area contributed by atoms with Gasteiger partial charge in [0, 0.05) is 19.3 Å². The lowest BCUT2D eigenvalue weighted by molar-refractivity contribution is -0.115. The van der Waals surface area contributed by atoms with E-state index in [1.165, 1.54) is 5.39 Å². The molecule has 0 aliphatic heterocycles. The summed E-state index contributed by atoms with van der Waals surface area (Å²) in [5.41, 5.74) is 0.997. The van der Waals surface area contributed by atoms with Crippen LogP contribution in [0.4, 0.5) is 5.82 Å². The summed E-state index contributed by atoms with van der Waals surface area (Å²) >= 11 is 0. The number of hydrogen-bond acceptors (Lipinski definition) is 2. The molecule has 1 aromatic heterocycles. The van der Waals surface area contributed by atoms with Crippen molar-refractivity contribution in [2.75, 3.05) is 5.32 Å². The molecule has 0 aliphatic carbocycles. The van der Waals surface area contributed by atoms with E-state index in [4.69, 9.17) is 0 Å². The van der Waals surface area contributed by atoms with Crippen molar-refractivity contribution >= 4 is 22.5 Å². The fraction of sp³-hybridized carbons (Fsp3) is 0.125. The van der Waals surface area contributed by atoms with Crippen LogP contribution in [0.15, 0.2) is 54.7 Å². The maximum atomic E-state index is 12.0. The number of fused-ring (bicyclic) bond motifs is 1. The van der Waals surface area contributed by atoms with Crippen molar-refractivity contribution in [3.63, 3.8) is 0 Å². The highest BCUT2D eigenvalue weighted by Gasteiger charge is 2.06. The molecule has 2 aromatic carbocycles. The van der Waals surface area contributed by atoms with E-state index >= 15 is 0 Å². The van der Waals surface area contributed by atoms with Crippen LogP contribution in [0.3, 0.4) is 0 Å². The van der Waals surface area contributed by atoms with E-state index in [9.17, 15) is 4.79 Å². The van der Waals surface area contributed by atoms with Gasteiger partial charge in [-0.3, -0.25) is 9.48 Å². The van der Waals surface area contributed by atoms with Crippen molar-refractivity contribution < 1.29 is 4.79 Å². The Morgan fingerprint density at radius 1 is 1.15 bits per heavy atom. The van der Waals surface area contributed by atoms with E-state index in [1.807, 2.05) is 37.4 Å². The van der Waals surface area contributed by atoms with Gasteiger partial charge in [0.2, 0.25) is 5.91 Å². The predicted molar refractivity (Wildman–Crippen MR) is 79.5 cm³/mol. The molecule has 100 valence electrons. The quantitative estimate of drug-likeness (QED) is 0.791. The zero-order valence-electron chi connectivity index (χ0n) is 11.2. The van der Waals surface area contributed by atoms with E-state index in [0.29, 0.717) is 12.2 Å². The van der Waals surface area contributed by atoms with Gasteiger partial charge in [-0.25, -0.2) is 0 Å². The van der Waals surface area contributed by atoms with Gasteiger partial charge in [0.1, 0.15) is 0 Å². The third kappa shape index (κ3) is 2.69. The monoisotopic (exact) mass is 265 g/mol. The first-order valence-corrected chi connectivity index (χ1v) is 6.48. The number of hydrogen-bond donors (Lipinski definition) is 1. The van der Waals surface area contributed by atoms with Gasteiger partial charge in [0.05, 0.1) is 6.42 Å². The highest BCUT2D eigenvalue weighted by atomic mass is 16.1. The molecule has 1 amide bonds. The van der Waals surface area contributed by atoms with E-state index in [1.54, 1.807) is 16.9 Å². The molecule has 0 aliphatic rings. The predicted octanol–water partition coefficient (Wildman–Crippen LogP) is 2.75. The lowest BCUT2D eigenvalue weighted by Gasteiger charge is -2.04. The lowest BCUT2D eigenvalue weighted by Crippen LogP contribution is -2.14. The van der Waals surface area contributed by atoms with Crippen LogP contribution < -0.4 is 5.32 Å². The summed E-state index contributed by atoms with van der Waals surface area (Å²) in [6.45, 7) is 0. The average Bonchev–Trinajstić information content (AvgIpc) is 2.83. The number of nitrogens with zero attached hydrogens (tertiary/aromatic N) is 2. The zero-order valence-corrected chi connectivity index (χ0v) is 11.2. The van der Waals surface area contributed by atoms with Crippen LogP contribution in [0.2, 0.25) is 0 Å². The molecule has 1 heterocycles. The highest BCUT2D eigenvalue weighted by molar-refractivity contribution is 5.92. The molecule has 0 saturated carbocycles. The maximum absolute atomic E-state index is 12.0. The van der Waals surface area contributed by atoms with Crippen LogP contribution in [-0.2, 0) is 18.3 Å². The van der Waals surface area contributed by atoms with E-state index in [-0.39, 0.29) is 5.91 Å². The number of rotatable bonds is 3. The Hall–Kier alpha value is -2.62. The van der Waals surface area contributed by atoms with Gasteiger partial charge in [-0.15, -0.1) is 0 Å². The maximum Gasteiger partial charge on any atom is 0.229 e. The van der Waals surface area contributed by atoms with Gasteiger partial charge in [0.15, 0.2) is 5.82 Å². The summed E-state index contributed by atoms with van der Waals surface area (Å²) in [4.78, 5) is 12.0. The largest absolute Gasteiger partial charge is 0.309 e. The second kappa shape index (κ2) is 5.17. The standard InChI is InChI=1S/C16H15N3O/c1-19-9-8-15(18-19)17-16(20)11-12-6-7-13-4-2-3-5-14(13)10-12/h2-10H,11H2,1H3,(H,17,18,20). The van der Waals surface area contributed by atoms with Gasteiger partial charge < -0.3 is 5.32 Å². The number of carbonyl (C=O) groups excluding carboxylic acids is 1. The molecule has 0 saturated heterocycles. The van der Waals surface area contributed by atoms with E-state index in [0.717, 1.165) is 10.9 Å². The molecule has 20 heavy (non-hydrogen) atoms. The minimum atomic E-state index is -0.0565. The van der Waals surface area contributed by atoms with Crippen LogP contribution >= 0.6 is 0 Å². The van der Waals surface area contributed by atoms with E-state index < -0.39 is 0 Å². The van der Waals surface area contributed by atoms with Gasteiger partial charge in [-0.05, 0) is 16.3 Å². The van der Waals surface area contributed by atoms with Crippen molar-refractivity contribution in [2.45, 2.75) is 6.42 Å². The molecule has 0 bridgehead atoms. The summed E-state index contributed by atoms with van der Waals surface area (Å²) in [6, 6.07) is 16.0. The van der Waals surface area contributed by atoms with Crippen LogP contribution in [0.5, 0.6) is 0 Å². The van der Waals surface area contributed by atoms with Crippen LogP contribution in [-0.4, -0.2) is 15.7 Å². The summed E-state index contributed by atoms with van der Waals surface area (Å²) < 4.78 is 1.66. The summed E-state index contributed by atoms with van der Waals surface area (Å²) in [5.74, 6) is 0.525. The number of benzene rings is 2. The third-order valence-corrected chi connectivity index (χ3v) is 3.16. The second-order valence-electron chi connectivity index (χ2n) is 4.78. The SMILES string of the molecule is Cn1ccc(NC(=O)Cc2ccc3ccccc3c2)n1. The smallest absolute Gasteiger partial charge is 0.229 e. The Morgan fingerprint density at radius 3 is 2.70 bits per heavy atom. The first kappa shape index (κ1) is 12.4. The van der Waals surface area contributed by atoms with Crippen molar-refractivity contribution in [1.29, 1.82) is 0 Å². The van der Waals surface area contributed by atoms with Crippen molar-refractivity contribution in [2.24, 2.45) is 7.05 Å². The van der Waals surface area contributed by atoms with Gasteiger partial charge >= 0.3 is 0 Å². The third-order valence-electron chi connectivity index (χ3n) is 3.16. The Morgan fingerprint density at radius 2 is 1.95 bits per heavy atom. The first-order chi connectivity index (χ1) is 9.70. The van der Waals surface area contributed by atoms with Gasteiger partial charge in [0.25, 0.3) is 0 Å². The molecule has 3 aromatic rings. The van der Waals surface area contributed by atoms with Crippen LogP contribution in [0, 0.1) is 0 Å². The number of aryl methyl sites for hydroxylation is 1. The Kier molecular flexibility index (Phi) is 3.21. The number of aromatic nitrogens is 2. The molecule has 0 atom stereocenters. The molecule has 1 N–H and O–H groups in total. The van der Waals surface area contributed by atoms with Crippen molar-refractivity contribution in [1.82, 2.24) is 9.78 Å². The minimum absolute atomic E-state index is 0.0565. The molecule has 4 nitrogen and oxygen atoms in total. The molecule has 0 unspecified atom stereocenters. The molecule has 4 heteroatoms. The van der Waals surface area contributed by atoms with Gasteiger partial charge in [-0.1, -0.05) is 42.5 Å². The normalized spacial score (nSPS) is 10.7. The zero-order chi connectivity index (χ0) is 13.9. The number of nitrogens with one attached hydrogen (secondary N) is 1. The topological polar surface area (TPSA) is 46.9 Å². The number of carbonyl (C=O) groups is 1. The Balaban J connectivity index is 1.73. The molecule has 0 fully saturated rings. The van der Waals surface area contributed by atoms with Gasteiger partial charge in [-0.2, -0.15) is 5.10 Å². The van der Waals surface area contributed by atoms with E-state index in [2.05, 4.69) is 22.5 Å². The number of amides is 1. The first-order valence-electron chi connectivity index (χ1n) is 6.48. The van der Waals surface area contributed by atoms with Crippen molar-refractivity contribution in [3.8, 4) is 0 Å². The summed E-state index contributed by atoms with van der Waals surface area (Å²) in [6.07, 6.45) is 2.15. The molecular formula is C16H15N3O. The summed E-state index contributed by atoms with van der Waals surface area (Å²) in [7, 11) is 1.82. The fourth-order valence-corrected chi connectivity index (χ4v) is 2.20. The molecule has 0 spiro atoms. The van der Waals surface area contributed by atoms with Crippen LogP contribution in [0.1, 0.15) is 5.56 Å². The lowest BCUT2D eigenvalue weighted by atomic mass is 10.1. The Bertz CT molecular complexity index is 761. The number of anilines is 1. The average molecular weight is 265 g/mol. The molecular weight excluding hydrogens is 250 g/mol. The Labute approximate surface area is 117 Å². The molecule has 0 radical (unpaired) electrons. The fourth-order valence-electron chi connectivity index (χ4n) is 2.20.